The number of ether oxygens (including phenoxy) is 1. The predicted molar refractivity (Wildman–Crippen MR) is 67.4 cm³/mol. The van der Waals surface area contributed by atoms with Gasteiger partial charge in [0.05, 0.1) is 12.9 Å². The van der Waals surface area contributed by atoms with Crippen LogP contribution in [0.3, 0.4) is 0 Å². The fourth-order valence-electron chi connectivity index (χ4n) is 1.96. The van der Waals surface area contributed by atoms with Crippen molar-refractivity contribution in [3.8, 4) is 0 Å². The van der Waals surface area contributed by atoms with Gasteiger partial charge >= 0.3 is 5.97 Å². The summed E-state index contributed by atoms with van der Waals surface area (Å²) in [5.74, 6) is -1.82. The van der Waals surface area contributed by atoms with E-state index in [4.69, 9.17) is 21.4 Å². The Morgan fingerprint density at radius 1 is 1.63 bits per heavy atom. The van der Waals surface area contributed by atoms with Crippen molar-refractivity contribution in [2.45, 2.75) is 11.4 Å². The zero-order valence-corrected chi connectivity index (χ0v) is 11.5. The van der Waals surface area contributed by atoms with Crippen molar-refractivity contribution < 1.29 is 24.2 Å². The third-order valence-electron chi connectivity index (χ3n) is 2.82. The van der Waals surface area contributed by atoms with Gasteiger partial charge in [-0.3, -0.25) is 14.5 Å². The lowest BCUT2D eigenvalue weighted by atomic mass is 10.0. The maximum absolute atomic E-state index is 11.9. The van der Waals surface area contributed by atoms with E-state index in [1.807, 2.05) is 0 Å². The number of fused-ring (bicyclic) bond motifs is 1. The summed E-state index contributed by atoms with van der Waals surface area (Å²) in [7, 11) is 1.36. The molecule has 0 bridgehead atoms. The van der Waals surface area contributed by atoms with Gasteiger partial charge in [0, 0.05) is 0 Å². The fourth-order valence-corrected chi connectivity index (χ4v) is 3.35. The van der Waals surface area contributed by atoms with Gasteiger partial charge in [0.2, 0.25) is 5.91 Å². The van der Waals surface area contributed by atoms with Crippen molar-refractivity contribution in [3.63, 3.8) is 0 Å². The van der Waals surface area contributed by atoms with E-state index in [0.29, 0.717) is 5.75 Å². The normalized spacial score (nSPS) is 25.6. The van der Waals surface area contributed by atoms with Crippen LogP contribution in [0.2, 0.25) is 0 Å². The molecule has 104 valence electrons. The molecule has 7 nitrogen and oxygen atoms in total. The Morgan fingerprint density at radius 3 is 2.84 bits per heavy atom. The van der Waals surface area contributed by atoms with Crippen molar-refractivity contribution >= 4 is 41.1 Å². The molecule has 0 aromatic heterocycles. The third kappa shape index (κ3) is 2.25. The average molecular weight is 307 g/mol. The number of carboxylic acid groups (broad SMARTS) is 1. The van der Waals surface area contributed by atoms with Crippen molar-refractivity contribution in [3.05, 3.63) is 11.5 Å². The molecule has 0 spiro atoms. The number of carbonyl (C=O) groups is 3. The highest BCUT2D eigenvalue weighted by molar-refractivity contribution is 8.00. The first-order valence-electron chi connectivity index (χ1n) is 5.31. The van der Waals surface area contributed by atoms with Gasteiger partial charge in [0.15, 0.2) is 5.70 Å². The zero-order valence-electron chi connectivity index (χ0n) is 9.88. The van der Waals surface area contributed by atoms with Crippen LogP contribution >= 0.6 is 23.4 Å². The minimum absolute atomic E-state index is 0.160. The van der Waals surface area contributed by atoms with Crippen LogP contribution in [0, 0.1) is 0 Å². The second-order valence-corrected chi connectivity index (χ2v) is 5.24. The topological polar surface area (TPSA) is 95.9 Å². The van der Waals surface area contributed by atoms with Crippen LogP contribution < -0.4 is 5.32 Å². The third-order valence-corrected chi connectivity index (χ3v) is 4.32. The summed E-state index contributed by atoms with van der Waals surface area (Å²) in [6.45, 7) is 0. The molecule has 2 aliphatic rings. The number of nitrogens with one attached hydrogen (secondary N) is 1. The molecule has 2 heterocycles. The predicted octanol–water partition coefficient (Wildman–Crippen LogP) is -0.432. The zero-order chi connectivity index (χ0) is 14.2. The molecule has 1 saturated heterocycles. The maximum Gasteiger partial charge on any atom is 0.356 e. The maximum atomic E-state index is 11.9. The Labute approximate surface area is 117 Å². The number of aliphatic carboxylic acids is 1. The number of thioether (sulfide) groups is 1. The molecule has 2 rings (SSSR count). The summed E-state index contributed by atoms with van der Waals surface area (Å²) in [5, 5.41) is 11.2. The number of carboxylic acids is 1. The number of β-lactam (4-membered cyclic amide) rings is 1. The first kappa shape index (κ1) is 14.0. The van der Waals surface area contributed by atoms with E-state index in [-0.39, 0.29) is 17.3 Å². The molecule has 9 heteroatoms. The largest absolute Gasteiger partial charge is 0.498 e. The monoisotopic (exact) mass is 306 g/mol. The van der Waals surface area contributed by atoms with Gasteiger partial charge in [-0.25, -0.2) is 4.79 Å². The molecule has 0 aliphatic carbocycles. The first-order chi connectivity index (χ1) is 9.01. The summed E-state index contributed by atoms with van der Waals surface area (Å²) >= 11 is 6.69. The SMILES string of the molecule is COC1=C(C(=O)O)N2C(=O)C(NC(=O)CCl)[C@H]2SC1. The summed E-state index contributed by atoms with van der Waals surface area (Å²) < 4.78 is 4.98. The van der Waals surface area contributed by atoms with Crippen LogP contribution in [0.25, 0.3) is 0 Å². The minimum Gasteiger partial charge on any atom is -0.498 e. The number of alkyl halides is 1. The Hall–Kier alpha value is -1.41. The average Bonchev–Trinajstić information content (AvgIpc) is 2.42. The van der Waals surface area contributed by atoms with Crippen LogP contribution in [-0.4, -0.2) is 57.9 Å². The van der Waals surface area contributed by atoms with E-state index in [0.717, 1.165) is 4.90 Å². The van der Waals surface area contributed by atoms with Crippen LogP contribution in [0.1, 0.15) is 0 Å². The molecule has 1 unspecified atom stereocenters. The highest BCUT2D eigenvalue weighted by atomic mass is 35.5. The van der Waals surface area contributed by atoms with Crippen LogP contribution in [0.5, 0.6) is 0 Å². The van der Waals surface area contributed by atoms with Crippen molar-refractivity contribution in [2.24, 2.45) is 0 Å². The number of rotatable bonds is 4. The van der Waals surface area contributed by atoms with E-state index in [9.17, 15) is 14.4 Å². The number of methoxy groups -OCH3 is 1. The van der Waals surface area contributed by atoms with Gasteiger partial charge in [-0.05, 0) is 0 Å². The van der Waals surface area contributed by atoms with Gasteiger partial charge < -0.3 is 15.2 Å². The molecular weight excluding hydrogens is 296 g/mol. The minimum atomic E-state index is -1.22. The molecule has 2 atom stereocenters. The Morgan fingerprint density at radius 2 is 2.32 bits per heavy atom. The molecule has 19 heavy (non-hydrogen) atoms. The number of hydrogen-bond acceptors (Lipinski definition) is 5. The number of nitrogens with zero attached hydrogens (tertiary/aromatic N) is 1. The standard InChI is InChI=1S/C10H11ClN2O5S/c1-18-4-3-19-9-6(12-5(14)2-11)8(15)13(9)7(4)10(16)17/h6,9H,2-3H2,1H3,(H,12,14)(H,16,17)/t6?,9-/m1/s1. The van der Waals surface area contributed by atoms with Gasteiger partial charge in [0.25, 0.3) is 5.91 Å². The van der Waals surface area contributed by atoms with E-state index in [1.54, 1.807) is 0 Å². The summed E-state index contributed by atoms with van der Waals surface area (Å²) in [6.07, 6.45) is 0. The van der Waals surface area contributed by atoms with Crippen molar-refractivity contribution in [2.75, 3.05) is 18.7 Å². The lowest BCUT2D eigenvalue weighted by molar-refractivity contribution is -0.151. The van der Waals surface area contributed by atoms with Crippen LogP contribution in [0.4, 0.5) is 0 Å². The quantitative estimate of drug-likeness (QED) is 0.540. The molecule has 2 aliphatic heterocycles. The second kappa shape index (κ2) is 5.30. The molecule has 1 fully saturated rings. The summed E-state index contributed by atoms with van der Waals surface area (Å²) in [6, 6.07) is -0.732. The smallest absolute Gasteiger partial charge is 0.356 e. The molecule has 0 radical (unpaired) electrons. The summed E-state index contributed by atoms with van der Waals surface area (Å²) in [5.41, 5.74) is -0.160. The molecule has 0 aromatic rings. The number of amides is 2. The van der Waals surface area contributed by atoms with E-state index >= 15 is 0 Å². The molecule has 2 N–H and O–H groups in total. The van der Waals surface area contributed by atoms with Crippen LogP contribution in [0.15, 0.2) is 11.5 Å². The van der Waals surface area contributed by atoms with Gasteiger partial charge in [0.1, 0.15) is 23.1 Å². The molecule has 0 saturated carbocycles. The van der Waals surface area contributed by atoms with Gasteiger partial charge in [-0.2, -0.15) is 0 Å². The number of carbonyl (C=O) groups excluding carboxylic acids is 2. The number of halogens is 1. The lowest BCUT2D eigenvalue weighted by Crippen LogP contribution is -2.70. The van der Waals surface area contributed by atoms with Crippen LogP contribution in [-0.2, 0) is 19.1 Å². The molecule has 0 aromatic carbocycles. The molecular formula is C10H11ClN2O5S. The highest BCUT2D eigenvalue weighted by Crippen LogP contribution is 2.40. The molecule has 2 amide bonds. The summed E-state index contributed by atoms with van der Waals surface area (Å²) in [4.78, 5) is 35.4. The Kier molecular flexibility index (Phi) is 3.91. The lowest BCUT2D eigenvalue weighted by Gasteiger charge is -2.48. The Balaban J connectivity index is 2.21. The Bertz CT molecular complexity index is 481. The highest BCUT2D eigenvalue weighted by Gasteiger charge is 2.54. The van der Waals surface area contributed by atoms with E-state index in [2.05, 4.69) is 5.32 Å². The number of hydrogen-bond donors (Lipinski definition) is 2. The van der Waals surface area contributed by atoms with Gasteiger partial charge in [-0.1, -0.05) is 0 Å². The first-order valence-corrected chi connectivity index (χ1v) is 6.90. The second-order valence-electron chi connectivity index (χ2n) is 3.87. The van der Waals surface area contributed by atoms with E-state index < -0.39 is 29.2 Å². The van der Waals surface area contributed by atoms with Crippen molar-refractivity contribution in [1.82, 2.24) is 10.2 Å². The van der Waals surface area contributed by atoms with Gasteiger partial charge in [-0.15, -0.1) is 23.4 Å². The van der Waals surface area contributed by atoms with Crippen molar-refractivity contribution in [1.29, 1.82) is 0 Å². The fraction of sp³-hybridized carbons (Fsp3) is 0.500. The van der Waals surface area contributed by atoms with E-state index in [1.165, 1.54) is 18.9 Å².